The van der Waals surface area contributed by atoms with Crippen LogP contribution in [0.1, 0.15) is 41.9 Å². The van der Waals surface area contributed by atoms with Crippen molar-refractivity contribution in [3.8, 4) is 17.6 Å². The van der Waals surface area contributed by atoms with Crippen molar-refractivity contribution in [2.24, 2.45) is 10.7 Å². The summed E-state index contributed by atoms with van der Waals surface area (Å²) in [6.45, 7) is 0.875. The maximum atomic E-state index is 14.8. The lowest BCUT2D eigenvalue weighted by Crippen LogP contribution is -2.48. The molecule has 1 aliphatic heterocycles. The summed E-state index contributed by atoms with van der Waals surface area (Å²) in [6.07, 6.45) is -1.84. The van der Waals surface area contributed by atoms with Crippen LogP contribution in [0.5, 0.6) is 5.75 Å². The fourth-order valence-corrected chi connectivity index (χ4v) is 3.57. The van der Waals surface area contributed by atoms with Crippen LogP contribution in [0, 0.1) is 23.5 Å². The average Bonchev–Trinajstić information content (AvgIpc) is 2.80. The SMILES string of the molecule is CC#CCOc1ccc(C(=O)Cc2cc(F)c(F)c([C@]3(CF)C[C@@H](C(C)(F)F)OC(N)=N3)c2)nc1. The highest BCUT2D eigenvalue weighted by atomic mass is 19.3. The molecule has 2 atom stereocenters. The Bertz CT molecular complexity index is 1190. The van der Waals surface area contributed by atoms with Crippen LogP contribution in [0.4, 0.5) is 22.0 Å². The number of benzene rings is 1. The predicted molar refractivity (Wildman–Crippen MR) is 117 cm³/mol. The van der Waals surface area contributed by atoms with Crippen molar-refractivity contribution < 1.29 is 36.2 Å². The highest BCUT2D eigenvalue weighted by Gasteiger charge is 2.49. The summed E-state index contributed by atoms with van der Waals surface area (Å²) in [6, 6.07) is 3.89. The van der Waals surface area contributed by atoms with E-state index in [-0.39, 0.29) is 17.9 Å². The quantitative estimate of drug-likeness (QED) is 0.339. The molecule has 0 fully saturated rings. The lowest BCUT2D eigenvalue weighted by Gasteiger charge is -2.38. The summed E-state index contributed by atoms with van der Waals surface area (Å²) in [7, 11) is 0. The van der Waals surface area contributed by atoms with Crippen LogP contribution in [-0.4, -0.2) is 42.1 Å². The lowest BCUT2D eigenvalue weighted by atomic mass is 9.82. The van der Waals surface area contributed by atoms with E-state index in [1.54, 1.807) is 6.92 Å². The molecular weight excluding hydrogens is 473 g/mol. The average molecular weight is 495 g/mol. The first-order chi connectivity index (χ1) is 16.5. The number of carbonyl (C=O) groups is 1. The topological polar surface area (TPSA) is 86.8 Å². The Morgan fingerprint density at radius 2 is 2.09 bits per heavy atom. The smallest absolute Gasteiger partial charge is 0.283 e. The van der Waals surface area contributed by atoms with E-state index in [4.69, 9.17) is 15.2 Å². The molecule has 0 bridgehead atoms. The molecule has 0 radical (unpaired) electrons. The van der Waals surface area contributed by atoms with Gasteiger partial charge < -0.3 is 15.2 Å². The van der Waals surface area contributed by atoms with E-state index in [2.05, 4.69) is 21.8 Å². The van der Waals surface area contributed by atoms with Gasteiger partial charge in [0, 0.05) is 25.3 Å². The first-order valence-electron chi connectivity index (χ1n) is 10.4. The van der Waals surface area contributed by atoms with E-state index >= 15 is 0 Å². The van der Waals surface area contributed by atoms with Gasteiger partial charge in [-0.2, -0.15) is 0 Å². The summed E-state index contributed by atoms with van der Waals surface area (Å²) >= 11 is 0. The van der Waals surface area contributed by atoms with Crippen LogP contribution in [0.25, 0.3) is 0 Å². The van der Waals surface area contributed by atoms with E-state index in [0.29, 0.717) is 12.7 Å². The Morgan fingerprint density at radius 1 is 1.34 bits per heavy atom. The molecule has 2 N–H and O–H groups in total. The zero-order valence-corrected chi connectivity index (χ0v) is 18.9. The molecule has 3 rings (SSSR count). The minimum atomic E-state index is -3.46. The first kappa shape index (κ1) is 25.9. The van der Waals surface area contributed by atoms with E-state index in [0.717, 1.165) is 12.1 Å². The van der Waals surface area contributed by atoms with Crippen molar-refractivity contribution in [2.75, 3.05) is 13.3 Å². The molecule has 1 aromatic heterocycles. The highest BCUT2D eigenvalue weighted by molar-refractivity contribution is 5.95. The molecule has 6 nitrogen and oxygen atoms in total. The Hall–Kier alpha value is -3.68. The van der Waals surface area contributed by atoms with Crippen LogP contribution in [0.15, 0.2) is 35.5 Å². The number of aromatic nitrogens is 1. The van der Waals surface area contributed by atoms with Gasteiger partial charge in [-0.15, -0.1) is 5.92 Å². The predicted octanol–water partition coefficient (Wildman–Crippen LogP) is 4.11. The number of Topliss-reactive ketones (excluding diaryl/α,β-unsaturated/α-hetero) is 1. The lowest BCUT2D eigenvalue weighted by molar-refractivity contribution is -0.106. The van der Waals surface area contributed by atoms with Gasteiger partial charge >= 0.3 is 0 Å². The van der Waals surface area contributed by atoms with Gasteiger partial charge in [0.2, 0.25) is 0 Å². The van der Waals surface area contributed by atoms with Gasteiger partial charge in [-0.25, -0.2) is 31.9 Å². The van der Waals surface area contributed by atoms with Crippen molar-refractivity contribution in [1.29, 1.82) is 0 Å². The van der Waals surface area contributed by atoms with E-state index < -0.39 is 66.1 Å². The molecule has 2 heterocycles. The van der Waals surface area contributed by atoms with E-state index in [9.17, 15) is 26.7 Å². The number of carbonyl (C=O) groups excluding carboxylic acids is 1. The zero-order chi connectivity index (χ0) is 25.8. The third kappa shape index (κ3) is 5.88. The van der Waals surface area contributed by atoms with Crippen molar-refractivity contribution >= 4 is 11.8 Å². The number of hydrogen-bond acceptors (Lipinski definition) is 6. The number of halogens is 5. The number of ketones is 1. The minimum absolute atomic E-state index is 0.0180. The summed E-state index contributed by atoms with van der Waals surface area (Å²) in [5.41, 5.74) is 2.57. The van der Waals surface area contributed by atoms with Gasteiger partial charge in [-0.05, 0) is 36.8 Å². The van der Waals surface area contributed by atoms with Gasteiger partial charge in [0.1, 0.15) is 30.3 Å². The number of rotatable bonds is 8. The molecule has 0 unspecified atom stereocenters. The normalized spacial score (nSPS) is 19.7. The van der Waals surface area contributed by atoms with Crippen molar-refractivity contribution in [3.05, 3.63) is 58.9 Å². The molecule has 11 heteroatoms. The second-order valence-electron chi connectivity index (χ2n) is 8.02. The van der Waals surface area contributed by atoms with Gasteiger partial charge in [-0.3, -0.25) is 4.79 Å². The maximum absolute atomic E-state index is 14.8. The fraction of sp³-hybridized carbons (Fsp3) is 0.375. The summed E-state index contributed by atoms with van der Waals surface area (Å²) < 4.78 is 81.4. The Balaban J connectivity index is 1.90. The third-order valence-corrected chi connectivity index (χ3v) is 5.36. The molecule has 1 aromatic carbocycles. The number of ether oxygens (including phenoxy) is 2. The molecule has 0 aliphatic carbocycles. The van der Waals surface area contributed by atoms with Crippen LogP contribution < -0.4 is 10.5 Å². The number of amidine groups is 1. The Labute approximate surface area is 198 Å². The maximum Gasteiger partial charge on any atom is 0.283 e. The zero-order valence-electron chi connectivity index (χ0n) is 18.9. The molecule has 0 amide bonds. The molecule has 0 saturated heterocycles. The third-order valence-electron chi connectivity index (χ3n) is 5.36. The van der Waals surface area contributed by atoms with Gasteiger partial charge in [0.05, 0.1) is 6.20 Å². The first-order valence-corrected chi connectivity index (χ1v) is 10.4. The molecule has 186 valence electrons. The second kappa shape index (κ2) is 10.3. The number of nitrogens with two attached hydrogens (primary N) is 1. The molecular formula is C24H22F5N3O3. The number of hydrogen-bond donors (Lipinski definition) is 1. The number of aliphatic imine (C=N–C) groups is 1. The number of pyridine rings is 1. The summed E-state index contributed by atoms with van der Waals surface area (Å²) in [4.78, 5) is 20.4. The Kier molecular flexibility index (Phi) is 7.63. The van der Waals surface area contributed by atoms with Crippen LogP contribution in [0.3, 0.4) is 0 Å². The monoisotopic (exact) mass is 495 g/mol. The van der Waals surface area contributed by atoms with E-state index in [1.807, 2.05) is 0 Å². The number of alkyl halides is 3. The number of nitrogens with zero attached hydrogens (tertiary/aromatic N) is 2. The van der Waals surface area contributed by atoms with Crippen molar-refractivity contribution in [3.63, 3.8) is 0 Å². The molecule has 1 aliphatic rings. The van der Waals surface area contributed by atoms with Crippen molar-refractivity contribution in [1.82, 2.24) is 4.98 Å². The summed E-state index contributed by atoms with van der Waals surface area (Å²) in [5, 5.41) is 0. The molecule has 35 heavy (non-hydrogen) atoms. The van der Waals surface area contributed by atoms with Gasteiger partial charge in [-0.1, -0.05) is 5.92 Å². The molecule has 2 aromatic rings. The van der Waals surface area contributed by atoms with Crippen LogP contribution in [0.2, 0.25) is 0 Å². The fourth-order valence-electron chi connectivity index (χ4n) is 3.57. The Morgan fingerprint density at radius 3 is 2.69 bits per heavy atom. The van der Waals surface area contributed by atoms with E-state index in [1.165, 1.54) is 18.3 Å². The molecule has 0 saturated carbocycles. The second-order valence-corrected chi connectivity index (χ2v) is 8.02. The molecule has 0 spiro atoms. The van der Waals surface area contributed by atoms with Crippen molar-refractivity contribution in [2.45, 2.75) is 44.3 Å². The van der Waals surface area contributed by atoms with Crippen LogP contribution in [-0.2, 0) is 16.7 Å². The van der Waals surface area contributed by atoms with Gasteiger partial charge in [0.15, 0.2) is 23.5 Å². The largest absolute Gasteiger partial charge is 0.479 e. The van der Waals surface area contributed by atoms with Gasteiger partial charge in [0.25, 0.3) is 11.9 Å². The van der Waals surface area contributed by atoms with Crippen LogP contribution >= 0.6 is 0 Å². The standard InChI is InChI=1S/C24H22F5N3O3/c1-3-4-7-34-15-5-6-18(31-12-15)19(33)10-14-8-16(21(27)17(26)9-14)24(13-25)11-20(23(2,28)29)35-22(30)32-24/h5-6,8-9,12,20H,7,10-11,13H2,1-2H3,(H2,30,32)/t20-,24+/m0/s1. The summed E-state index contributed by atoms with van der Waals surface area (Å²) in [5.74, 6) is -1.15. The minimum Gasteiger partial charge on any atom is -0.479 e. The highest BCUT2D eigenvalue weighted by Crippen LogP contribution is 2.41.